The van der Waals surface area contributed by atoms with Crippen molar-refractivity contribution in [3.8, 4) is 0 Å². The van der Waals surface area contributed by atoms with Gasteiger partial charge in [0.15, 0.2) is 0 Å². The number of aromatic nitrogens is 2. The van der Waals surface area contributed by atoms with Crippen molar-refractivity contribution in [3.63, 3.8) is 0 Å². The molecule has 0 saturated heterocycles. The van der Waals surface area contributed by atoms with Crippen LogP contribution >= 0.6 is 0 Å². The summed E-state index contributed by atoms with van der Waals surface area (Å²) in [6.45, 7) is 0.556. The maximum absolute atomic E-state index is 5.56. The molecule has 0 bridgehead atoms. The van der Waals surface area contributed by atoms with Gasteiger partial charge in [-0.2, -0.15) is 0 Å². The molecule has 0 saturated carbocycles. The Labute approximate surface area is 85.0 Å². The molecule has 0 aliphatic carbocycles. The van der Waals surface area contributed by atoms with Crippen LogP contribution in [0.4, 0.5) is 5.95 Å². The fourth-order valence-electron chi connectivity index (χ4n) is 1.57. The first-order chi connectivity index (χ1) is 7.34. The first-order valence-electron chi connectivity index (χ1n) is 4.49. The SMILES string of the molecule is Nc1ncc2c(n1)=C1NCN=C1C=NC=2. The van der Waals surface area contributed by atoms with Gasteiger partial charge in [-0.05, 0) is 0 Å². The van der Waals surface area contributed by atoms with Crippen molar-refractivity contribution < 1.29 is 0 Å². The summed E-state index contributed by atoms with van der Waals surface area (Å²) in [4.78, 5) is 16.5. The van der Waals surface area contributed by atoms with E-state index in [0.717, 1.165) is 22.0 Å². The lowest BCUT2D eigenvalue weighted by molar-refractivity contribution is 0.942. The van der Waals surface area contributed by atoms with Crippen LogP contribution in [-0.2, 0) is 0 Å². The van der Waals surface area contributed by atoms with Gasteiger partial charge in [0.1, 0.15) is 17.7 Å². The van der Waals surface area contributed by atoms with Crippen LogP contribution in [0.1, 0.15) is 0 Å². The number of anilines is 1. The summed E-state index contributed by atoms with van der Waals surface area (Å²) in [7, 11) is 0. The van der Waals surface area contributed by atoms with Gasteiger partial charge in [0.25, 0.3) is 0 Å². The zero-order valence-corrected chi connectivity index (χ0v) is 7.81. The number of rotatable bonds is 0. The van der Waals surface area contributed by atoms with Crippen LogP contribution in [0.3, 0.4) is 0 Å². The summed E-state index contributed by atoms with van der Waals surface area (Å²) in [6, 6.07) is 0. The quantitative estimate of drug-likeness (QED) is 0.506. The third-order valence-corrected chi connectivity index (χ3v) is 2.24. The molecule has 0 aromatic carbocycles. The molecule has 2 aliphatic rings. The van der Waals surface area contributed by atoms with Crippen LogP contribution < -0.4 is 21.6 Å². The largest absolute Gasteiger partial charge is 0.368 e. The van der Waals surface area contributed by atoms with Crippen molar-refractivity contribution in [2.45, 2.75) is 0 Å². The van der Waals surface area contributed by atoms with E-state index in [1.165, 1.54) is 0 Å². The first kappa shape index (κ1) is 8.10. The van der Waals surface area contributed by atoms with Crippen LogP contribution in [0.2, 0.25) is 0 Å². The van der Waals surface area contributed by atoms with E-state index in [1.807, 2.05) is 0 Å². The number of hydrogen-bond donors (Lipinski definition) is 2. The minimum absolute atomic E-state index is 0.254. The van der Waals surface area contributed by atoms with Crippen molar-refractivity contribution in [2.24, 2.45) is 9.98 Å². The third kappa shape index (κ3) is 1.18. The Bertz CT molecular complexity index is 598. The maximum atomic E-state index is 5.56. The molecule has 1 aromatic heterocycles. The second-order valence-electron chi connectivity index (χ2n) is 3.19. The summed E-state index contributed by atoms with van der Waals surface area (Å²) in [5.41, 5.74) is 7.24. The highest BCUT2D eigenvalue weighted by Crippen LogP contribution is 1.99. The molecule has 0 atom stereocenters. The van der Waals surface area contributed by atoms with Gasteiger partial charge >= 0.3 is 0 Å². The van der Waals surface area contributed by atoms with Gasteiger partial charge in [-0.25, -0.2) is 9.97 Å². The summed E-state index contributed by atoms with van der Waals surface area (Å²) >= 11 is 0. The molecule has 2 aliphatic heterocycles. The Hall–Kier alpha value is -2.24. The van der Waals surface area contributed by atoms with Crippen molar-refractivity contribution in [3.05, 3.63) is 16.8 Å². The van der Waals surface area contributed by atoms with Crippen molar-refractivity contribution in [1.82, 2.24) is 15.3 Å². The zero-order chi connectivity index (χ0) is 10.3. The fraction of sp³-hybridized carbons (Fsp3) is 0.111. The van der Waals surface area contributed by atoms with Gasteiger partial charge in [-0.15, -0.1) is 0 Å². The van der Waals surface area contributed by atoms with Crippen molar-refractivity contribution in [2.75, 3.05) is 12.4 Å². The molecule has 0 unspecified atom stereocenters. The predicted molar refractivity (Wildman–Crippen MR) is 57.5 cm³/mol. The summed E-state index contributed by atoms with van der Waals surface area (Å²) < 4.78 is 0. The van der Waals surface area contributed by atoms with Gasteiger partial charge in [-0.1, -0.05) is 0 Å². The highest BCUT2D eigenvalue weighted by molar-refractivity contribution is 6.48. The van der Waals surface area contributed by atoms with E-state index in [2.05, 4.69) is 25.3 Å². The van der Waals surface area contributed by atoms with E-state index in [1.54, 1.807) is 18.6 Å². The monoisotopic (exact) mass is 200 g/mol. The molecule has 6 heteroatoms. The van der Waals surface area contributed by atoms with Crippen LogP contribution in [-0.4, -0.2) is 28.6 Å². The van der Waals surface area contributed by atoms with E-state index in [4.69, 9.17) is 5.73 Å². The molecule has 0 spiro atoms. The van der Waals surface area contributed by atoms with Crippen LogP contribution in [0, 0.1) is 0 Å². The number of hydrogen-bond acceptors (Lipinski definition) is 6. The number of nitrogens with zero attached hydrogens (tertiary/aromatic N) is 4. The number of nitrogen functional groups attached to an aromatic ring is 1. The lowest BCUT2D eigenvalue weighted by Gasteiger charge is -1.98. The zero-order valence-electron chi connectivity index (χ0n) is 7.81. The van der Waals surface area contributed by atoms with E-state index >= 15 is 0 Å². The molecular weight excluding hydrogens is 192 g/mol. The molecule has 0 amide bonds. The smallest absolute Gasteiger partial charge is 0.220 e. The predicted octanol–water partition coefficient (Wildman–Crippen LogP) is -2.01. The average Bonchev–Trinajstić information content (AvgIpc) is 2.62. The summed E-state index contributed by atoms with van der Waals surface area (Å²) in [5, 5.41) is 4.74. The maximum Gasteiger partial charge on any atom is 0.220 e. The number of nitrogens with two attached hydrogens (primary N) is 1. The van der Waals surface area contributed by atoms with E-state index in [9.17, 15) is 0 Å². The Kier molecular flexibility index (Phi) is 1.55. The minimum Gasteiger partial charge on any atom is -0.368 e. The molecule has 15 heavy (non-hydrogen) atoms. The van der Waals surface area contributed by atoms with Crippen molar-refractivity contribution >= 4 is 29.8 Å². The standard InChI is InChI=1S/C9H8N6/c10-9-12-2-5-1-11-3-6-8(7(5)15-9)14-4-13-6/h1-3,14H,4H2,(H2,10,15). The second kappa shape index (κ2) is 2.88. The van der Waals surface area contributed by atoms with E-state index in [0.29, 0.717) is 6.67 Å². The number of aliphatic imine (C=N–C) groups is 2. The molecular formula is C9H8N6. The van der Waals surface area contributed by atoms with Gasteiger partial charge in [0, 0.05) is 17.6 Å². The van der Waals surface area contributed by atoms with Gasteiger partial charge in [0.05, 0.1) is 11.9 Å². The normalized spacial score (nSPS) is 17.1. The van der Waals surface area contributed by atoms with E-state index < -0.39 is 0 Å². The van der Waals surface area contributed by atoms with Gasteiger partial charge < -0.3 is 11.1 Å². The van der Waals surface area contributed by atoms with Crippen LogP contribution in [0.25, 0.3) is 11.9 Å². The Morgan fingerprint density at radius 3 is 3.27 bits per heavy atom. The highest BCUT2D eigenvalue weighted by Gasteiger charge is 2.14. The molecule has 0 radical (unpaired) electrons. The van der Waals surface area contributed by atoms with Crippen molar-refractivity contribution in [1.29, 1.82) is 0 Å². The van der Waals surface area contributed by atoms with Crippen LogP contribution in [0.15, 0.2) is 16.2 Å². The minimum atomic E-state index is 0.254. The first-order valence-corrected chi connectivity index (χ1v) is 4.49. The fourth-order valence-corrected chi connectivity index (χ4v) is 1.57. The van der Waals surface area contributed by atoms with Gasteiger partial charge in [-0.3, -0.25) is 9.98 Å². The second-order valence-corrected chi connectivity index (χ2v) is 3.19. The molecule has 0 fully saturated rings. The molecule has 3 heterocycles. The topological polar surface area (TPSA) is 88.5 Å². The lowest BCUT2D eigenvalue weighted by Crippen LogP contribution is -2.36. The number of nitrogens with one attached hydrogen (secondary N) is 1. The summed E-state index contributed by atoms with van der Waals surface area (Å²) in [6.07, 6.45) is 5.06. The molecule has 1 aromatic rings. The lowest BCUT2D eigenvalue weighted by atomic mass is 10.2. The highest BCUT2D eigenvalue weighted by atomic mass is 15.1. The van der Waals surface area contributed by atoms with Gasteiger partial charge in [0.2, 0.25) is 5.95 Å². The summed E-state index contributed by atoms with van der Waals surface area (Å²) in [5.74, 6) is 0.254. The average molecular weight is 200 g/mol. The Morgan fingerprint density at radius 2 is 2.33 bits per heavy atom. The number of fused-ring (bicyclic) bond motifs is 2. The van der Waals surface area contributed by atoms with Crippen LogP contribution in [0.5, 0.6) is 0 Å². The Morgan fingerprint density at radius 1 is 1.40 bits per heavy atom. The van der Waals surface area contributed by atoms with E-state index in [-0.39, 0.29) is 5.95 Å². The molecule has 3 N–H and O–H groups in total. The molecule has 3 rings (SSSR count). The third-order valence-electron chi connectivity index (χ3n) is 2.24. The molecule has 6 nitrogen and oxygen atoms in total. The Balaban J connectivity index is 2.47. The molecule has 74 valence electrons.